The second-order valence-corrected chi connectivity index (χ2v) is 4.30. The lowest BCUT2D eigenvalue weighted by Gasteiger charge is -2.18. The minimum absolute atomic E-state index is 0.182. The number of ketones is 2. The molecule has 1 aliphatic rings. The summed E-state index contributed by atoms with van der Waals surface area (Å²) in [6, 6.07) is 4.93. The van der Waals surface area contributed by atoms with Crippen molar-refractivity contribution < 1.29 is 19.4 Å². The first-order chi connectivity index (χ1) is 8.54. The second kappa shape index (κ2) is 4.74. The summed E-state index contributed by atoms with van der Waals surface area (Å²) in [6.45, 7) is 1.58. The lowest BCUT2D eigenvalue weighted by Crippen LogP contribution is -2.20. The molecule has 18 heavy (non-hydrogen) atoms. The van der Waals surface area contributed by atoms with Gasteiger partial charge >= 0.3 is 0 Å². The van der Waals surface area contributed by atoms with E-state index in [-0.39, 0.29) is 18.0 Å². The van der Waals surface area contributed by atoms with Gasteiger partial charge in [0.05, 0.1) is 18.8 Å². The zero-order chi connectivity index (χ0) is 13.3. The van der Waals surface area contributed by atoms with Crippen molar-refractivity contribution in [2.45, 2.75) is 19.4 Å². The van der Waals surface area contributed by atoms with E-state index in [1.165, 1.54) is 13.2 Å². The zero-order valence-electron chi connectivity index (χ0n) is 10.3. The minimum Gasteiger partial charge on any atom is -0.496 e. The maximum absolute atomic E-state index is 12.2. The van der Waals surface area contributed by atoms with Crippen LogP contribution < -0.4 is 4.74 Å². The van der Waals surface area contributed by atoms with Gasteiger partial charge < -0.3 is 9.84 Å². The van der Waals surface area contributed by atoms with E-state index in [4.69, 9.17) is 4.74 Å². The Bertz CT molecular complexity index is 541. The summed E-state index contributed by atoms with van der Waals surface area (Å²) in [6.07, 6.45) is 0.821. The van der Waals surface area contributed by atoms with Crippen LogP contribution in [0.2, 0.25) is 0 Å². The monoisotopic (exact) mass is 246 g/mol. The fraction of sp³-hybridized carbons (Fsp3) is 0.286. The molecule has 2 rings (SSSR count). The molecule has 1 atom stereocenters. The topological polar surface area (TPSA) is 63.6 Å². The van der Waals surface area contributed by atoms with Gasteiger partial charge in [0.15, 0.2) is 11.6 Å². The molecule has 1 aromatic carbocycles. The van der Waals surface area contributed by atoms with E-state index in [0.717, 1.165) is 0 Å². The molecule has 0 bridgehead atoms. The summed E-state index contributed by atoms with van der Waals surface area (Å²) >= 11 is 0. The first-order valence-corrected chi connectivity index (χ1v) is 5.69. The molecule has 0 saturated heterocycles. The van der Waals surface area contributed by atoms with Gasteiger partial charge in [-0.25, -0.2) is 0 Å². The highest BCUT2D eigenvalue weighted by molar-refractivity contribution is 6.25. The Kier molecular flexibility index (Phi) is 3.30. The lowest BCUT2D eigenvalue weighted by atomic mass is 9.87. The number of Topliss-reactive ketones (excluding diaryl/α,β-unsaturated/α-hetero) is 1. The number of carbonyl (C=O) groups excluding carboxylic acids is 2. The number of hydrogen-bond donors (Lipinski definition) is 1. The molecule has 4 nitrogen and oxygen atoms in total. The number of ether oxygens (including phenoxy) is 1. The molecular formula is C14H14O4. The Morgan fingerprint density at radius 1 is 1.33 bits per heavy atom. The lowest BCUT2D eigenvalue weighted by molar-refractivity contribution is 0.0968. The molecule has 1 N–H and O–H groups in total. The molecule has 1 unspecified atom stereocenters. The third kappa shape index (κ3) is 2.07. The SMILES string of the molecule is COc1cccc2c1C(=O)C=C(CC(C)O)C2=O. The van der Waals surface area contributed by atoms with Gasteiger partial charge in [-0.2, -0.15) is 0 Å². The van der Waals surface area contributed by atoms with Gasteiger partial charge in [-0.3, -0.25) is 9.59 Å². The van der Waals surface area contributed by atoms with Crippen molar-refractivity contribution in [3.05, 3.63) is 41.0 Å². The van der Waals surface area contributed by atoms with Crippen LogP contribution in [0.4, 0.5) is 0 Å². The van der Waals surface area contributed by atoms with Crippen LogP contribution in [-0.4, -0.2) is 29.9 Å². The molecule has 0 amide bonds. The van der Waals surface area contributed by atoms with E-state index in [0.29, 0.717) is 22.4 Å². The predicted molar refractivity (Wildman–Crippen MR) is 66.0 cm³/mol. The molecule has 1 aliphatic carbocycles. The van der Waals surface area contributed by atoms with E-state index in [1.54, 1.807) is 25.1 Å². The van der Waals surface area contributed by atoms with Gasteiger partial charge in [-0.1, -0.05) is 12.1 Å². The molecule has 0 radical (unpaired) electrons. The van der Waals surface area contributed by atoms with Gasteiger partial charge in [0, 0.05) is 17.6 Å². The minimum atomic E-state index is -0.653. The van der Waals surface area contributed by atoms with E-state index in [1.807, 2.05) is 0 Å². The third-order valence-electron chi connectivity index (χ3n) is 2.85. The van der Waals surface area contributed by atoms with Gasteiger partial charge in [-0.05, 0) is 19.1 Å². The quantitative estimate of drug-likeness (QED) is 0.882. The number of fused-ring (bicyclic) bond motifs is 1. The smallest absolute Gasteiger partial charge is 0.190 e. The zero-order valence-corrected chi connectivity index (χ0v) is 10.3. The highest BCUT2D eigenvalue weighted by Gasteiger charge is 2.28. The van der Waals surface area contributed by atoms with Crippen LogP contribution in [-0.2, 0) is 0 Å². The number of benzene rings is 1. The normalized spacial score (nSPS) is 16.1. The highest BCUT2D eigenvalue weighted by Crippen LogP contribution is 2.30. The first-order valence-electron chi connectivity index (χ1n) is 5.69. The van der Waals surface area contributed by atoms with Crippen molar-refractivity contribution in [2.24, 2.45) is 0 Å². The molecule has 0 aliphatic heterocycles. The number of methoxy groups -OCH3 is 1. The van der Waals surface area contributed by atoms with Crippen LogP contribution in [0.15, 0.2) is 29.8 Å². The van der Waals surface area contributed by atoms with Crippen molar-refractivity contribution in [3.8, 4) is 5.75 Å². The molecule has 0 heterocycles. The third-order valence-corrected chi connectivity index (χ3v) is 2.85. The Labute approximate surface area is 105 Å². The van der Waals surface area contributed by atoms with Gasteiger partial charge in [0.2, 0.25) is 0 Å². The van der Waals surface area contributed by atoms with Crippen LogP contribution in [0, 0.1) is 0 Å². The van der Waals surface area contributed by atoms with Crippen LogP contribution in [0.5, 0.6) is 5.75 Å². The predicted octanol–water partition coefficient (Wildman–Crippen LogP) is 1.77. The Morgan fingerprint density at radius 2 is 2.06 bits per heavy atom. The van der Waals surface area contributed by atoms with Gasteiger partial charge in [0.1, 0.15) is 5.75 Å². The fourth-order valence-corrected chi connectivity index (χ4v) is 2.08. The summed E-state index contributed by atoms with van der Waals surface area (Å²) in [7, 11) is 1.46. The van der Waals surface area contributed by atoms with Gasteiger partial charge in [0.25, 0.3) is 0 Å². The fourth-order valence-electron chi connectivity index (χ4n) is 2.08. The molecule has 0 fully saturated rings. The molecular weight excluding hydrogens is 232 g/mol. The molecule has 1 aromatic rings. The number of hydrogen-bond acceptors (Lipinski definition) is 4. The van der Waals surface area contributed by atoms with E-state index in [9.17, 15) is 14.7 Å². The van der Waals surface area contributed by atoms with Crippen molar-refractivity contribution in [1.82, 2.24) is 0 Å². The Balaban J connectivity index is 2.50. The number of aliphatic hydroxyl groups excluding tert-OH is 1. The van der Waals surface area contributed by atoms with Crippen LogP contribution >= 0.6 is 0 Å². The van der Waals surface area contributed by atoms with E-state index < -0.39 is 6.10 Å². The average molecular weight is 246 g/mol. The second-order valence-electron chi connectivity index (χ2n) is 4.30. The molecule has 4 heteroatoms. The van der Waals surface area contributed by atoms with E-state index in [2.05, 4.69) is 0 Å². The summed E-state index contributed by atoms with van der Waals surface area (Å²) in [4.78, 5) is 24.2. The highest BCUT2D eigenvalue weighted by atomic mass is 16.5. The summed E-state index contributed by atoms with van der Waals surface area (Å²) < 4.78 is 5.10. The standard InChI is InChI=1S/C14H14O4/c1-8(15)6-9-7-11(16)13-10(14(9)17)4-3-5-12(13)18-2/h3-5,7-8,15H,6H2,1-2H3. The molecule has 94 valence electrons. The number of aliphatic hydroxyl groups is 1. The maximum Gasteiger partial charge on any atom is 0.190 e. The Morgan fingerprint density at radius 3 is 2.67 bits per heavy atom. The summed E-state index contributed by atoms with van der Waals surface area (Å²) in [5, 5.41) is 9.33. The maximum atomic E-state index is 12.2. The largest absolute Gasteiger partial charge is 0.496 e. The average Bonchev–Trinajstić information content (AvgIpc) is 2.34. The molecule has 0 spiro atoms. The van der Waals surface area contributed by atoms with Crippen LogP contribution in [0.25, 0.3) is 0 Å². The van der Waals surface area contributed by atoms with Gasteiger partial charge in [-0.15, -0.1) is 0 Å². The summed E-state index contributed by atoms with van der Waals surface area (Å²) in [5.74, 6) is -0.0692. The number of rotatable bonds is 3. The first kappa shape index (κ1) is 12.5. The molecule has 0 aromatic heterocycles. The van der Waals surface area contributed by atoms with Crippen molar-refractivity contribution in [3.63, 3.8) is 0 Å². The summed E-state index contributed by atoms with van der Waals surface area (Å²) in [5.41, 5.74) is 0.993. The van der Waals surface area contributed by atoms with Crippen molar-refractivity contribution in [1.29, 1.82) is 0 Å². The molecule has 0 saturated carbocycles. The van der Waals surface area contributed by atoms with E-state index >= 15 is 0 Å². The van der Waals surface area contributed by atoms with Crippen molar-refractivity contribution in [2.75, 3.05) is 7.11 Å². The number of allylic oxidation sites excluding steroid dienone is 1. The van der Waals surface area contributed by atoms with Crippen molar-refractivity contribution >= 4 is 11.6 Å². The number of carbonyl (C=O) groups is 2. The van der Waals surface area contributed by atoms with Crippen LogP contribution in [0.1, 0.15) is 34.1 Å². The van der Waals surface area contributed by atoms with Crippen LogP contribution in [0.3, 0.4) is 0 Å². The Hall–Kier alpha value is -1.94.